The van der Waals surface area contributed by atoms with Gasteiger partial charge in [-0.25, -0.2) is 0 Å². The lowest BCUT2D eigenvalue weighted by atomic mass is 10.2. The number of rotatable bonds is 4. The molecule has 1 fully saturated rings. The summed E-state index contributed by atoms with van der Waals surface area (Å²) in [5.41, 5.74) is 1.17. The second-order valence-corrected chi connectivity index (χ2v) is 6.33. The molecular weight excluding hydrogens is 312 g/mol. The van der Waals surface area contributed by atoms with Crippen molar-refractivity contribution < 1.29 is 0 Å². The van der Waals surface area contributed by atoms with Crippen molar-refractivity contribution in [2.75, 3.05) is 41.3 Å². The highest BCUT2D eigenvalue weighted by Crippen LogP contribution is 2.22. The van der Waals surface area contributed by atoms with Crippen LogP contribution >= 0.6 is 11.6 Å². The summed E-state index contributed by atoms with van der Waals surface area (Å²) < 4.78 is 0. The number of nitrogens with zero attached hydrogens (tertiary/aromatic N) is 5. The molecule has 0 radical (unpaired) electrons. The molecule has 1 N–H and O–H groups in total. The molecule has 1 aromatic carbocycles. The molecule has 6 nitrogen and oxygen atoms in total. The predicted molar refractivity (Wildman–Crippen MR) is 94.5 cm³/mol. The molecule has 0 spiro atoms. The average molecular weight is 333 g/mol. The van der Waals surface area contributed by atoms with Gasteiger partial charge < -0.3 is 15.1 Å². The third-order valence-electron chi connectivity index (χ3n) is 3.74. The highest BCUT2D eigenvalue weighted by molar-refractivity contribution is 6.30. The van der Waals surface area contributed by atoms with E-state index in [9.17, 15) is 0 Å². The number of piperazine rings is 1. The lowest BCUT2D eigenvalue weighted by Crippen LogP contribution is -2.47. The number of nitrogens with one attached hydrogen (secondary N) is 1. The first-order valence-corrected chi connectivity index (χ1v) is 8.21. The number of anilines is 3. The number of aromatic nitrogens is 3. The van der Waals surface area contributed by atoms with Crippen molar-refractivity contribution in [3.63, 3.8) is 0 Å². The molecular formula is C16H21ClN6. The minimum absolute atomic E-state index is 0.284. The maximum absolute atomic E-state index is 6.08. The fourth-order valence-corrected chi connectivity index (χ4v) is 2.82. The predicted octanol–water partition coefficient (Wildman–Crippen LogP) is 2.67. The molecule has 2 aromatic rings. The van der Waals surface area contributed by atoms with Crippen molar-refractivity contribution in [2.24, 2.45) is 0 Å². The van der Waals surface area contributed by atoms with Crippen LogP contribution in [0.2, 0.25) is 5.02 Å². The minimum Gasteiger partial charge on any atom is -0.368 e. The normalized spacial score (nSPS) is 15.1. The van der Waals surface area contributed by atoms with E-state index in [2.05, 4.69) is 50.2 Å². The van der Waals surface area contributed by atoms with Gasteiger partial charge in [-0.15, -0.1) is 5.10 Å². The number of hydrogen-bond donors (Lipinski definition) is 1. The van der Waals surface area contributed by atoms with Gasteiger partial charge in [-0.1, -0.05) is 17.7 Å². The molecule has 23 heavy (non-hydrogen) atoms. The lowest BCUT2D eigenvalue weighted by Gasteiger charge is -2.36. The summed E-state index contributed by atoms with van der Waals surface area (Å²) in [7, 11) is 0. The summed E-state index contributed by atoms with van der Waals surface area (Å²) in [5, 5.41) is 12.0. The monoisotopic (exact) mass is 332 g/mol. The van der Waals surface area contributed by atoms with Gasteiger partial charge in [0.25, 0.3) is 0 Å². The standard InChI is InChI=1S/C16H21ClN6/c1-12(2)19-16-20-15(11-18-21-16)23-8-6-22(7-9-23)14-5-3-4-13(17)10-14/h3-5,10-12H,6-9H2,1-2H3,(H,19,20,21). The maximum Gasteiger partial charge on any atom is 0.244 e. The molecule has 1 aliphatic heterocycles. The van der Waals surface area contributed by atoms with Gasteiger partial charge in [-0.05, 0) is 32.0 Å². The Kier molecular flexibility index (Phi) is 4.81. The molecule has 1 aliphatic rings. The van der Waals surface area contributed by atoms with Crippen LogP contribution in [-0.4, -0.2) is 47.4 Å². The Hall–Kier alpha value is -2.08. The Morgan fingerprint density at radius 2 is 1.87 bits per heavy atom. The van der Waals surface area contributed by atoms with Crippen molar-refractivity contribution in [1.82, 2.24) is 15.2 Å². The quantitative estimate of drug-likeness (QED) is 0.929. The van der Waals surface area contributed by atoms with Crippen molar-refractivity contribution in [1.29, 1.82) is 0 Å². The SMILES string of the molecule is CC(C)Nc1nncc(N2CCN(c3cccc(Cl)c3)CC2)n1. The van der Waals surface area contributed by atoms with Crippen LogP contribution in [0, 0.1) is 0 Å². The van der Waals surface area contributed by atoms with E-state index < -0.39 is 0 Å². The van der Waals surface area contributed by atoms with Crippen LogP contribution in [0.1, 0.15) is 13.8 Å². The summed E-state index contributed by atoms with van der Waals surface area (Å²) >= 11 is 6.08. The molecule has 1 saturated heterocycles. The zero-order valence-electron chi connectivity index (χ0n) is 13.4. The summed E-state index contributed by atoms with van der Waals surface area (Å²) in [5.74, 6) is 1.45. The van der Waals surface area contributed by atoms with Crippen LogP contribution in [0.3, 0.4) is 0 Å². The van der Waals surface area contributed by atoms with Gasteiger partial charge in [0.2, 0.25) is 5.95 Å². The van der Waals surface area contributed by atoms with E-state index in [0.717, 1.165) is 37.0 Å². The van der Waals surface area contributed by atoms with Crippen molar-refractivity contribution in [2.45, 2.75) is 19.9 Å². The molecule has 0 bridgehead atoms. The molecule has 2 heterocycles. The van der Waals surface area contributed by atoms with Crippen LogP contribution in [0.25, 0.3) is 0 Å². The highest BCUT2D eigenvalue weighted by atomic mass is 35.5. The van der Waals surface area contributed by atoms with E-state index >= 15 is 0 Å². The van der Waals surface area contributed by atoms with Gasteiger partial charge in [-0.3, -0.25) is 0 Å². The van der Waals surface area contributed by atoms with Crippen LogP contribution in [0.4, 0.5) is 17.5 Å². The molecule has 0 amide bonds. The van der Waals surface area contributed by atoms with Crippen LogP contribution in [-0.2, 0) is 0 Å². The Morgan fingerprint density at radius 3 is 2.57 bits per heavy atom. The average Bonchev–Trinajstić information content (AvgIpc) is 2.55. The summed E-state index contributed by atoms with van der Waals surface area (Å²) in [6.07, 6.45) is 1.72. The Balaban J connectivity index is 1.65. The fraction of sp³-hybridized carbons (Fsp3) is 0.438. The number of hydrogen-bond acceptors (Lipinski definition) is 6. The minimum atomic E-state index is 0.284. The van der Waals surface area contributed by atoms with E-state index in [1.165, 1.54) is 5.69 Å². The van der Waals surface area contributed by atoms with E-state index in [4.69, 9.17) is 11.6 Å². The zero-order valence-corrected chi connectivity index (χ0v) is 14.2. The van der Waals surface area contributed by atoms with Gasteiger partial charge in [0, 0.05) is 42.9 Å². The third kappa shape index (κ3) is 4.01. The Labute approximate surface area is 141 Å². The largest absolute Gasteiger partial charge is 0.368 e. The molecule has 0 atom stereocenters. The zero-order chi connectivity index (χ0) is 16.2. The van der Waals surface area contributed by atoms with Gasteiger partial charge in [0.05, 0.1) is 6.20 Å². The number of benzene rings is 1. The van der Waals surface area contributed by atoms with Gasteiger partial charge in [-0.2, -0.15) is 10.1 Å². The molecule has 0 saturated carbocycles. The van der Waals surface area contributed by atoms with E-state index in [0.29, 0.717) is 5.95 Å². The second-order valence-electron chi connectivity index (χ2n) is 5.89. The van der Waals surface area contributed by atoms with Crippen molar-refractivity contribution in [3.05, 3.63) is 35.5 Å². The lowest BCUT2D eigenvalue weighted by molar-refractivity contribution is 0.644. The Morgan fingerprint density at radius 1 is 1.13 bits per heavy atom. The van der Waals surface area contributed by atoms with Crippen LogP contribution in [0.5, 0.6) is 0 Å². The Bertz CT molecular complexity index is 655. The molecule has 3 rings (SSSR count). The fourth-order valence-electron chi connectivity index (χ4n) is 2.63. The van der Waals surface area contributed by atoms with Crippen molar-refractivity contribution >= 4 is 29.1 Å². The second kappa shape index (κ2) is 7.00. The molecule has 7 heteroatoms. The number of halogens is 1. The van der Waals surface area contributed by atoms with Gasteiger partial charge in [0.1, 0.15) is 0 Å². The van der Waals surface area contributed by atoms with Gasteiger partial charge >= 0.3 is 0 Å². The third-order valence-corrected chi connectivity index (χ3v) is 3.98. The molecule has 122 valence electrons. The highest BCUT2D eigenvalue weighted by Gasteiger charge is 2.19. The van der Waals surface area contributed by atoms with Gasteiger partial charge in [0.15, 0.2) is 5.82 Å². The first kappa shape index (κ1) is 15.8. The van der Waals surface area contributed by atoms with E-state index in [1.807, 2.05) is 18.2 Å². The first-order valence-electron chi connectivity index (χ1n) is 7.83. The van der Waals surface area contributed by atoms with E-state index in [-0.39, 0.29) is 6.04 Å². The molecule has 1 aromatic heterocycles. The summed E-state index contributed by atoms with van der Waals surface area (Å²) in [4.78, 5) is 9.12. The summed E-state index contributed by atoms with van der Waals surface area (Å²) in [6.45, 7) is 7.76. The van der Waals surface area contributed by atoms with Crippen molar-refractivity contribution in [3.8, 4) is 0 Å². The maximum atomic E-state index is 6.08. The summed E-state index contributed by atoms with van der Waals surface area (Å²) in [6, 6.07) is 8.28. The van der Waals surface area contributed by atoms with Crippen LogP contribution < -0.4 is 15.1 Å². The molecule has 0 unspecified atom stereocenters. The van der Waals surface area contributed by atoms with E-state index in [1.54, 1.807) is 6.20 Å². The topological polar surface area (TPSA) is 57.2 Å². The first-order chi connectivity index (χ1) is 11.1. The van der Waals surface area contributed by atoms with Crippen LogP contribution in [0.15, 0.2) is 30.5 Å². The molecule has 0 aliphatic carbocycles. The smallest absolute Gasteiger partial charge is 0.244 e.